The fourth-order valence-electron chi connectivity index (χ4n) is 1.92. The van der Waals surface area contributed by atoms with E-state index in [0.29, 0.717) is 5.82 Å². The number of nitrogens with zero attached hydrogens (tertiary/aromatic N) is 2. The van der Waals surface area contributed by atoms with Crippen molar-refractivity contribution in [2.45, 2.75) is 25.9 Å². The Morgan fingerprint density at radius 1 is 1.21 bits per heavy atom. The third-order valence-corrected chi connectivity index (χ3v) is 3.02. The zero-order chi connectivity index (χ0) is 13.7. The average Bonchev–Trinajstić information content (AvgIpc) is 2.89. The van der Waals surface area contributed by atoms with Gasteiger partial charge in [0, 0.05) is 13.5 Å². The Hall–Kier alpha value is -1.88. The number of aromatic amines is 1. The molecule has 0 amide bonds. The van der Waals surface area contributed by atoms with E-state index in [0.717, 1.165) is 30.0 Å². The zero-order valence-electron chi connectivity index (χ0n) is 11.5. The van der Waals surface area contributed by atoms with E-state index in [1.54, 1.807) is 14.2 Å². The molecule has 1 heterocycles. The first-order valence-electron chi connectivity index (χ1n) is 6.33. The summed E-state index contributed by atoms with van der Waals surface area (Å²) in [5, 5.41) is 7.16. The molecule has 102 valence electrons. The first kappa shape index (κ1) is 13.5. The van der Waals surface area contributed by atoms with Gasteiger partial charge in [-0.1, -0.05) is 19.1 Å². The van der Waals surface area contributed by atoms with Gasteiger partial charge < -0.3 is 9.47 Å². The second-order valence-corrected chi connectivity index (χ2v) is 4.30. The summed E-state index contributed by atoms with van der Waals surface area (Å²) >= 11 is 0. The molecule has 1 aromatic carbocycles. The maximum Gasteiger partial charge on any atom is 0.179 e. The number of rotatable bonds is 6. The molecule has 0 fully saturated rings. The van der Waals surface area contributed by atoms with Gasteiger partial charge in [-0.15, -0.1) is 0 Å². The fraction of sp³-hybridized carbons (Fsp3) is 0.429. The van der Waals surface area contributed by atoms with Crippen molar-refractivity contribution in [2.24, 2.45) is 0 Å². The van der Waals surface area contributed by atoms with Crippen molar-refractivity contribution >= 4 is 0 Å². The highest BCUT2D eigenvalue weighted by molar-refractivity contribution is 5.28. The molecular weight excluding hydrogens is 242 g/mol. The molecule has 1 atom stereocenters. The molecule has 2 rings (SSSR count). The molecule has 5 heteroatoms. The SMILES string of the molecule is CCC(OC)c1n[nH]c(Cc2ccc(OC)cc2)n1. The van der Waals surface area contributed by atoms with E-state index in [4.69, 9.17) is 9.47 Å². The van der Waals surface area contributed by atoms with Crippen LogP contribution >= 0.6 is 0 Å². The number of ether oxygens (including phenoxy) is 2. The average molecular weight is 261 g/mol. The molecule has 19 heavy (non-hydrogen) atoms. The Balaban J connectivity index is 2.06. The molecule has 0 radical (unpaired) electrons. The highest BCUT2D eigenvalue weighted by Gasteiger charge is 2.13. The van der Waals surface area contributed by atoms with E-state index < -0.39 is 0 Å². The lowest BCUT2D eigenvalue weighted by atomic mass is 10.1. The highest BCUT2D eigenvalue weighted by atomic mass is 16.5. The number of aromatic nitrogens is 3. The molecule has 1 N–H and O–H groups in total. The minimum atomic E-state index is -0.0409. The Bertz CT molecular complexity index is 504. The Kier molecular flexibility index (Phi) is 4.52. The normalized spacial score (nSPS) is 12.4. The van der Waals surface area contributed by atoms with E-state index in [2.05, 4.69) is 15.2 Å². The Labute approximate surface area is 113 Å². The lowest BCUT2D eigenvalue weighted by Crippen LogP contribution is -2.02. The summed E-state index contributed by atoms with van der Waals surface area (Å²) in [7, 11) is 3.33. The number of benzene rings is 1. The Morgan fingerprint density at radius 3 is 2.53 bits per heavy atom. The Morgan fingerprint density at radius 2 is 1.95 bits per heavy atom. The van der Waals surface area contributed by atoms with Crippen LogP contribution in [0.2, 0.25) is 0 Å². The van der Waals surface area contributed by atoms with E-state index in [-0.39, 0.29) is 6.10 Å². The van der Waals surface area contributed by atoms with Crippen molar-refractivity contribution in [3.63, 3.8) is 0 Å². The van der Waals surface area contributed by atoms with Gasteiger partial charge in [-0.25, -0.2) is 4.98 Å². The molecule has 0 aliphatic heterocycles. The summed E-state index contributed by atoms with van der Waals surface area (Å²) < 4.78 is 10.4. The van der Waals surface area contributed by atoms with Crippen LogP contribution in [0, 0.1) is 0 Å². The van der Waals surface area contributed by atoms with Crippen LogP contribution in [0.4, 0.5) is 0 Å². The topological polar surface area (TPSA) is 60.0 Å². The fourth-order valence-corrected chi connectivity index (χ4v) is 1.92. The number of hydrogen-bond donors (Lipinski definition) is 1. The standard InChI is InChI=1S/C14H19N3O2/c1-4-12(19-3)14-15-13(16-17-14)9-10-5-7-11(18-2)8-6-10/h5-8,12H,4,9H2,1-3H3,(H,15,16,17). The predicted octanol–water partition coefficient (Wildman–Crippen LogP) is 2.50. The first-order chi connectivity index (χ1) is 9.26. The summed E-state index contributed by atoms with van der Waals surface area (Å²) in [4.78, 5) is 4.47. The van der Waals surface area contributed by atoms with E-state index in [9.17, 15) is 0 Å². The maximum absolute atomic E-state index is 5.32. The van der Waals surface area contributed by atoms with Crippen LogP contribution in [-0.4, -0.2) is 29.4 Å². The summed E-state index contributed by atoms with van der Waals surface area (Å²) in [5.74, 6) is 2.41. The molecule has 1 unspecified atom stereocenters. The molecular formula is C14H19N3O2. The molecule has 0 saturated carbocycles. The number of H-pyrrole nitrogens is 1. The van der Waals surface area contributed by atoms with Crippen molar-refractivity contribution in [3.8, 4) is 5.75 Å². The summed E-state index contributed by atoms with van der Waals surface area (Å²) in [6.45, 7) is 2.05. The lowest BCUT2D eigenvalue weighted by Gasteiger charge is -2.06. The third-order valence-electron chi connectivity index (χ3n) is 3.02. The summed E-state index contributed by atoms with van der Waals surface area (Å²) in [5.41, 5.74) is 1.16. The molecule has 5 nitrogen and oxygen atoms in total. The number of nitrogens with one attached hydrogen (secondary N) is 1. The van der Waals surface area contributed by atoms with Crippen molar-refractivity contribution in [1.82, 2.24) is 15.2 Å². The van der Waals surface area contributed by atoms with Crippen molar-refractivity contribution in [1.29, 1.82) is 0 Å². The summed E-state index contributed by atoms with van der Waals surface area (Å²) in [6.07, 6.45) is 1.54. The van der Waals surface area contributed by atoms with Gasteiger partial charge in [0.1, 0.15) is 17.7 Å². The first-order valence-corrected chi connectivity index (χ1v) is 6.33. The zero-order valence-corrected chi connectivity index (χ0v) is 11.5. The van der Waals surface area contributed by atoms with E-state index >= 15 is 0 Å². The van der Waals surface area contributed by atoms with Gasteiger partial charge in [0.05, 0.1) is 7.11 Å². The van der Waals surface area contributed by atoms with E-state index in [1.807, 2.05) is 31.2 Å². The van der Waals surface area contributed by atoms with Gasteiger partial charge in [0.25, 0.3) is 0 Å². The van der Waals surface area contributed by atoms with Gasteiger partial charge >= 0.3 is 0 Å². The highest BCUT2D eigenvalue weighted by Crippen LogP contribution is 2.17. The van der Waals surface area contributed by atoms with Crippen LogP contribution in [0.1, 0.15) is 36.7 Å². The van der Waals surface area contributed by atoms with Gasteiger partial charge in [0.15, 0.2) is 5.82 Å². The van der Waals surface area contributed by atoms with E-state index in [1.165, 1.54) is 0 Å². The van der Waals surface area contributed by atoms with Crippen LogP contribution in [0.25, 0.3) is 0 Å². The second-order valence-electron chi connectivity index (χ2n) is 4.30. The number of hydrogen-bond acceptors (Lipinski definition) is 4. The summed E-state index contributed by atoms with van der Waals surface area (Å²) in [6, 6.07) is 7.93. The predicted molar refractivity (Wildman–Crippen MR) is 72.2 cm³/mol. The van der Waals surface area contributed by atoms with Crippen LogP contribution in [-0.2, 0) is 11.2 Å². The minimum absolute atomic E-state index is 0.0409. The van der Waals surface area contributed by atoms with Gasteiger partial charge in [-0.2, -0.15) is 5.10 Å². The monoisotopic (exact) mass is 261 g/mol. The quantitative estimate of drug-likeness (QED) is 0.868. The van der Waals surface area contributed by atoms with Crippen LogP contribution in [0.15, 0.2) is 24.3 Å². The van der Waals surface area contributed by atoms with Crippen LogP contribution < -0.4 is 4.74 Å². The van der Waals surface area contributed by atoms with Gasteiger partial charge in [-0.05, 0) is 24.1 Å². The van der Waals surface area contributed by atoms with Crippen LogP contribution in [0.3, 0.4) is 0 Å². The van der Waals surface area contributed by atoms with Crippen molar-refractivity contribution in [2.75, 3.05) is 14.2 Å². The molecule has 0 spiro atoms. The van der Waals surface area contributed by atoms with Crippen LogP contribution in [0.5, 0.6) is 5.75 Å². The number of methoxy groups -OCH3 is 2. The lowest BCUT2D eigenvalue weighted by molar-refractivity contribution is 0.0928. The molecule has 2 aromatic rings. The molecule has 0 aliphatic carbocycles. The maximum atomic E-state index is 5.32. The second kappa shape index (κ2) is 6.33. The van der Waals surface area contributed by atoms with Gasteiger partial charge in [-0.3, -0.25) is 5.10 Å². The minimum Gasteiger partial charge on any atom is -0.497 e. The van der Waals surface area contributed by atoms with Crippen molar-refractivity contribution < 1.29 is 9.47 Å². The molecule has 0 aliphatic rings. The molecule has 1 aromatic heterocycles. The smallest absolute Gasteiger partial charge is 0.179 e. The largest absolute Gasteiger partial charge is 0.497 e. The van der Waals surface area contributed by atoms with Crippen molar-refractivity contribution in [3.05, 3.63) is 41.5 Å². The molecule has 0 bridgehead atoms. The third kappa shape index (κ3) is 3.32. The van der Waals surface area contributed by atoms with Gasteiger partial charge in [0.2, 0.25) is 0 Å². The molecule has 0 saturated heterocycles.